The van der Waals surface area contributed by atoms with Crippen LogP contribution in [-0.4, -0.2) is 16.5 Å². The molecule has 8 aromatic rings. The Morgan fingerprint density at radius 1 is 0.431 bits per heavy atom. The van der Waals surface area contributed by atoms with Gasteiger partial charge in [-0.25, -0.2) is 9.97 Å². The molecule has 0 radical (unpaired) electrons. The van der Waals surface area contributed by atoms with Crippen molar-refractivity contribution in [2.75, 3.05) is 11.9 Å². The first-order valence-electron chi connectivity index (χ1n) is 19.0. The van der Waals surface area contributed by atoms with E-state index in [1.807, 2.05) is 36.4 Å². The van der Waals surface area contributed by atoms with Gasteiger partial charge in [0.05, 0.1) is 22.8 Å². The Balaban J connectivity index is 0.00000436. The number of aromatic nitrogens is 4. The van der Waals surface area contributed by atoms with E-state index in [1.54, 1.807) is 0 Å². The van der Waals surface area contributed by atoms with Crippen molar-refractivity contribution in [3.05, 3.63) is 197 Å². The van der Waals surface area contributed by atoms with Gasteiger partial charge in [-0.1, -0.05) is 162 Å². The van der Waals surface area contributed by atoms with Crippen LogP contribution in [0.1, 0.15) is 22.8 Å². The first-order chi connectivity index (χ1) is 28.2. The monoisotopic (exact) mass is 853 g/mol. The molecule has 1 N–H and O–H groups in total. The van der Waals surface area contributed by atoms with Crippen molar-refractivity contribution in [1.82, 2.24) is 19.9 Å². The third kappa shape index (κ3) is 7.15. The molecule has 5 nitrogen and oxygen atoms in total. The summed E-state index contributed by atoms with van der Waals surface area (Å²) in [5.74, 6) is 0. The number of hydrogen-bond acceptors (Lipinski definition) is 3. The molecule has 0 aliphatic carbocycles. The van der Waals surface area contributed by atoms with Gasteiger partial charge in [0.2, 0.25) is 0 Å². The molecule has 7 heteroatoms. The van der Waals surface area contributed by atoms with Crippen LogP contribution in [0.4, 0.5) is 5.69 Å². The predicted octanol–water partition coefficient (Wildman–Crippen LogP) is 12.8. The molecule has 0 atom stereocenters. The van der Waals surface area contributed by atoms with Crippen molar-refractivity contribution in [3.63, 3.8) is 0 Å². The molecule has 3 aromatic heterocycles. The normalized spacial score (nSPS) is 11.8. The quantitative estimate of drug-likeness (QED) is 0.162. The van der Waals surface area contributed by atoms with E-state index in [0.29, 0.717) is 6.54 Å². The van der Waals surface area contributed by atoms with E-state index in [4.69, 9.17) is 19.9 Å². The Kier molecular flexibility index (Phi) is 10.3. The molecular weight excluding hydrogens is 821 g/mol. The first kappa shape index (κ1) is 37.1. The number of nitrogens with one attached hydrogen (secondary N) is 1. The Hall–Kier alpha value is -6.53. The number of nitrogens with zero attached hydrogens (tertiary/aromatic N) is 4. The van der Waals surface area contributed by atoms with Gasteiger partial charge in [0.15, 0.2) is 0 Å². The van der Waals surface area contributed by atoms with Gasteiger partial charge in [-0.2, -0.15) is 0 Å². The fourth-order valence-corrected chi connectivity index (χ4v) is 7.99. The predicted molar refractivity (Wildman–Crippen MR) is 240 cm³/mol. The van der Waals surface area contributed by atoms with Crippen LogP contribution in [-0.2, 0) is 16.5 Å². The molecule has 8 bridgehead atoms. The molecule has 5 heterocycles. The summed E-state index contributed by atoms with van der Waals surface area (Å²) in [4.78, 5) is 21.8. The van der Waals surface area contributed by atoms with Gasteiger partial charge in [-0.05, 0) is 92.6 Å². The molecule has 0 fully saturated rings. The van der Waals surface area contributed by atoms with E-state index in [1.165, 1.54) is 0 Å². The molecule has 0 unspecified atom stereocenters. The number of anilines is 1. The second-order valence-electron chi connectivity index (χ2n) is 14.0. The van der Waals surface area contributed by atoms with Crippen molar-refractivity contribution in [2.24, 2.45) is 0 Å². The van der Waals surface area contributed by atoms with Crippen LogP contribution in [0, 0.1) is 0 Å². The second kappa shape index (κ2) is 16.1. The fourth-order valence-electron chi connectivity index (χ4n) is 7.73. The summed E-state index contributed by atoms with van der Waals surface area (Å²) in [5, 5.41) is 3.68. The van der Waals surface area contributed by atoms with E-state index in [0.717, 1.165) is 105 Å². The summed E-state index contributed by atoms with van der Waals surface area (Å²) in [5.41, 5.74) is 16.8. The van der Waals surface area contributed by atoms with Gasteiger partial charge in [0, 0.05) is 16.7 Å². The van der Waals surface area contributed by atoms with Crippen LogP contribution in [0.2, 0.25) is 0 Å². The SMILES string of the molecule is Brc1ccc(NCC2=Cc3nc2c(-c2ccccc2)c2ccc([n-]2)c(-c2ccccc2)c2nc(c(-c4ccccc4)c4ccc([n-]4)c3-c3ccccc3)C=C2)cc1.[Ni+2]. The molecule has 2 aliphatic heterocycles. The molecule has 10 rings (SSSR count). The first-order valence-corrected chi connectivity index (χ1v) is 19.8. The maximum Gasteiger partial charge on any atom is 2.00 e. The molecule has 280 valence electrons. The van der Waals surface area contributed by atoms with Gasteiger partial charge in [-0.15, -0.1) is 22.1 Å². The van der Waals surface area contributed by atoms with E-state index in [-0.39, 0.29) is 16.5 Å². The zero-order valence-corrected chi connectivity index (χ0v) is 33.7. The van der Waals surface area contributed by atoms with Crippen LogP contribution in [0.15, 0.2) is 174 Å². The van der Waals surface area contributed by atoms with Crippen molar-refractivity contribution in [1.29, 1.82) is 0 Å². The van der Waals surface area contributed by atoms with Crippen molar-refractivity contribution in [3.8, 4) is 44.5 Å². The Morgan fingerprint density at radius 2 is 0.828 bits per heavy atom. The van der Waals surface area contributed by atoms with Gasteiger partial charge in [-0.3, -0.25) is 0 Å². The number of rotatable bonds is 7. The van der Waals surface area contributed by atoms with Crippen LogP contribution in [0.25, 0.3) is 90.4 Å². The zero-order chi connectivity index (χ0) is 38.1. The minimum Gasteiger partial charge on any atom is -0.657 e. The van der Waals surface area contributed by atoms with Crippen LogP contribution in [0.3, 0.4) is 0 Å². The maximum absolute atomic E-state index is 5.59. The second-order valence-corrected chi connectivity index (χ2v) is 14.9. The molecule has 0 saturated carbocycles. The third-order valence-corrected chi connectivity index (χ3v) is 10.9. The van der Waals surface area contributed by atoms with Crippen LogP contribution in [0.5, 0.6) is 0 Å². The Bertz CT molecular complexity index is 2990. The summed E-state index contributed by atoms with van der Waals surface area (Å²) in [6, 6.07) is 58.5. The average molecular weight is 855 g/mol. The van der Waals surface area contributed by atoms with Gasteiger partial charge in [0.1, 0.15) is 0 Å². The Labute approximate surface area is 355 Å². The Morgan fingerprint density at radius 3 is 1.28 bits per heavy atom. The average Bonchev–Trinajstić information content (AvgIpc) is 4.10. The maximum atomic E-state index is 5.59. The summed E-state index contributed by atoms with van der Waals surface area (Å²) < 4.78 is 1.03. The minimum atomic E-state index is 0. The van der Waals surface area contributed by atoms with Crippen LogP contribution < -0.4 is 15.3 Å². The summed E-state index contributed by atoms with van der Waals surface area (Å²) >= 11 is 3.59. The van der Waals surface area contributed by atoms with E-state index in [2.05, 4.69) is 173 Å². The van der Waals surface area contributed by atoms with Crippen molar-refractivity contribution in [2.45, 2.75) is 0 Å². The number of fused-ring (bicyclic) bond motifs is 8. The number of halogens is 1. The van der Waals surface area contributed by atoms with Crippen molar-refractivity contribution >= 4 is 67.5 Å². The smallest absolute Gasteiger partial charge is 0.657 e. The molecule has 0 saturated heterocycles. The number of benzene rings is 5. The van der Waals surface area contributed by atoms with Crippen LogP contribution >= 0.6 is 15.9 Å². The topological polar surface area (TPSA) is 66.0 Å². The van der Waals surface area contributed by atoms with E-state index >= 15 is 0 Å². The third-order valence-electron chi connectivity index (χ3n) is 10.4. The molecule has 5 aromatic carbocycles. The minimum absolute atomic E-state index is 0. The van der Waals surface area contributed by atoms with Crippen molar-refractivity contribution < 1.29 is 16.5 Å². The largest absolute Gasteiger partial charge is 2.00 e. The van der Waals surface area contributed by atoms with Gasteiger partial charge in [0.25, 0.3) is 0 Å². The standard InChI is InChI=1S/C51H34BrN5.Ni/c52-38-21-23-39(24-22-38)53-32-37-31-46-49(35-17-9-3-10-18-35)44-28-27-42(55-44)47(33-13-5-1-6-14-33)40-25-26-41(54-40)48(34-15-7-2-8-16-34)43-29-30-45(56-43)50(51(37)57-46)36-19-11-4-12-20-36;/h1-31,53H,32H2;/q-2;+2. The summed E-state index contributed by atoms with van der Waals surface area (Å²) in [7, 11) is 0. The van der Waals surface area contributed by atoms with E-state index in [9.17, 15) is 0 Å². The molecule has 58 heavy (non-hydrogen) atoms. The summed E-state index contributed by atoms with van der Waals surface area (Å²) in [6.45, 7) is 0.545. The molecule has 0 amide bonds. The van der Waals surface area contributed by atoms with Gasteiger partial charge < -0.3 is 15.3 Å². The molecular formula is C51H34BrN5Ni. The zero-order valence-electron chi connectivity index (χ0n) is 31.1. The number of hydrogen-bond donors (Lipinski definition) is 1. The van der Waals surface area contributed by atoms with E-state index < -0.39 is 0 Å². The van der Waals surface area contributed by atoms with Gasteiger partial charge >= 0.3 is 16.5 Å². The molecule has 0 spiro atoms. The molecule has 2 aliphatic rings. The summed E-state index contributed by atoms with van der Waals surface area (Å²) in [6.07, 6.45) is 6.43. The fraction of sp³-hybridized carbons (Fsp3) is 0.0196.